The maximum Gasteiger partial charge on any atom is 0.210 e. The largest absolute Gasteiger partial charge is 0.357 e. The SMILES string of the molecule is CCCN=C(NCC)NCCS(N)(=O)=O.I. The van der Waals surface area contributed by atoms with Crippen molar-refractivity contribution < 1.29 is 8.42 Å². The molecule has 0 aliphatic rings. The number of hydrogen-bond acceptors (Lipinski definition) is 3. The Labute approximate surface area is 115 Å². The molecule has 0 aromatic heterocycles. The van der Waals surface area contributed by atoms with Crippen LogP contribution in [0, 0.1) is 0 Å². The monoisotopic (exact) mass is 364 g/mol. The zero-order valence-corrected chi connectivity index (χ0v) is 12.8. The lowest BCUT2D eigenvalue weighted by molar-refractivity contribution is 0.596. The maximum absolute atomic E-state index is 10.7. The smallest absolute Gasteiger partial charge is 0.210 e. The van der Waals surface area contributed by atoms with Gasteiger partial charge in [0.2, 0.25) is 10.0 Å². The Balaban J connectivity index is 0. The summed E-state index contributed by atoms with van der Waals surface area (Å²) in [7, 11) is -3.40. The minimum atomic E-state index is -3.40. The number of halogens is 1. The van der Waals surface area contributed by atoms with E-state index in [1.54, 1.807) is 0 Å². The minimum Gasteiger partial charge on any atom is -0.357 e. The van der Waals surface area contributed by atoms with E-state index in [4.69, 9.17) is 5.14 Å². The van der Waals surface area contributed by atoms with Gasteiger partial charge in [-0.2, -0.15) is 0 Å². The summed E-state index contributed by atoms with van der Waals surface area (Å²) in [4.78, 5) is 4.21. The number of sulfonamides is 1. The Morgan fingerprint density at radius 2 is 1.94 bits per heavy atom. The van der Waals surface area contributed by atoms with Crippen LogP contribution in [-0.2, 0) is 10.0 Å². The fourth-order valence-corrected chi connectivity index (χ4v) is 1.26. The van der Waals surface area contributed by atoms with Crippen LogP contribution in [0.1, 0.15) is 20.3 Å². The predicted molar refractivity (Wildman–Crippen MR) is 77.7 cm³/mol. The van der Waals surface area contributed by atoms with Gasteiger partial charge in [0.1, 0.15) is 0 Å². The summed E-state index contributed by atoms with van der Waals surface area (Å²) in [5.74, 6) is 0.534. The molecule has 6 nitrogen and oxygen atoms in total. The Morgan fingerprint density at radius 3 is 2.38 bits per heavy atom. The molecule has 0 aliphatic heterocycles. The maximum atomic E-state index is 10.7. The molecule has 0 unspecified atom stereocenters. The van der Waals surface area contributed by atoms with E-state index in [-0.39, 0.29) is 36.3 Å². The highest BCUT2D eigenvalue weighted by atomic mass is 127. The van der Waals surface area contributed by atoms with Gasteiger partial charge in [-0.05, 0) is 13.3 Å². The zero-order valence-electron chi connectivity index (χ0n) is 9.69. The van der Waals surface area contributed by atoms with E-state index < -0.39 is 10.0 Å². The first kappa shape index (κ1) is 18.3. The van der Waals surface area contributed by atoms with Crippen LogP contribution in [0.15, 0.2) is 4.99 Å². The quantitative estimate of drug-likeness (QED) is 0.347. The Bertz CT molecular complexity index is 292. The van der Waals surface area contributed by atoms with E-state index in [0.717, 1.165) is 13.0 Å². The summed E-state index contributed by atoms with van der Waals surface area (Å²) in [6.07, 6.45) is 0.950. The van der Waals surface area contributed by atoms with Crippen molar-refractivity contribution in [3.05, 3.63) is 0 Å². The van der Waals surface area contributed by atoms with Crippen molar-refractivity contribution in [2.45, 2.75) is 20.3 Å². The molecule has 0 fully saturated rings. The highest BCUT2D eigenvalue weighted by Gasteiger charge is 2.02. The van der Waals surface area contributed by atoms with Crippen LogP contribution in [0.4, 0.5) is 0 Å². The molecule has 0 aliphatic carbocycles. The number of nitrogens with two attached hydrogens (primary N) is 1. The highest BCUT2D eigenvalue weighted by molar-refractivity contribution is 14.0. The van der Waals surface area contributed by atoms with Gasteiger partial charge in [0.05, 0.1) is 5.75 Å². The zero-order chi connectivity index (χ0) is 11.7. The van der Waals surface area contributed by atoms with Gasteiger partial charge < -0.3 is 10.6 Å². The van der Waals surface area contributed by atoms with E-state index in [9.17, 15) is 8.42 Å². The molecule has 0 atom stereocenters. The molecule has 0 amide bonds. The van der Waals surface area contributed by atoms with Gasteiger partial charge in [0.15, 0.2) is 5.96 Å². The first-order chi connectivity index (χ1) is 6.99. The van der Waals surface area contributed by atoms with Crippen molar-refractivity contribution in [2.75, 3.05) is 25.4 Å². The third-order valence-electron chi connectivity index (χ3n) is 1.52. The standard InChI is InChI=1S/C8H20N4O2S.HI/c1-3-5-11-8(10-4-2)12-6-7-15(9,13)14;/h3-7H2,1-2H3,(H2,9,13,14)(H2,10,11,12);1H. The van der Waals surface area contributed by atoms with Crippen LogP contribution in [0.2, 0.25) is 0 Å². The van der Waals surface area contributed by atoms with Gasteiger partial charge in [-0.1, -0.05) is 6.92 Å². The Morgan fingerprint density at radius 1 is 1.31 bits per heavy atom. The van der Waals surface area contributed by atoms with E-state index >= 15 is 0 Å². The molecule has 0 spiro atoms. The molecule has 0 radical (unpaired) electrons. The molecule has 0 heterocycles. The predicted octanol–water partition coefficient (Wildman–Crippen LogP) is -0.142. The van der Waals surface area contributed by atoms with E-state index in [0.29, 0.717) is 12.5 Å². The fraction of sp³-hybridized carbons (Fsp3) is 0.875. The second-order valence-electron chi connectivity index (χ2n) is 3.05. The average Bonchev–Trinajstić information content (AvgIpc) is 2.12. The van der Waals surface area contributed by atoms with Gasteiger partial charge >= 0.3 is 0 Å². The van der Waals surface area contributed by atoms with E-state index in [1.165, 1.54) is 0 Å². The molecule has 0 aromatic carbocycles. The Hall–Kier alpha value is -0.0900. The molecule has 4 N–H and O–H groups in total. The van der Waals surface area contributed by atoms with Crippen molar-refractivity contribution in [1.82, 2.24) is 10.6 Å². The van der Waals surface area contributed by atoms with Gasteiger partial charge in [-0.3, -0.25) is 4.99 Å². The summed E-state index contributed by atoms with van der Waals surface area (Å²) in [6, 6.07) is 0. The summed E-state index contributed by atoms with van der Waals surface area (Å²) >= 11 is 0. The van der Waals surface area contributed by atoms with Crippen LogP contribution >= 0.6 is 24.0 Å². The second-order valence-corrected chi connectivity index (χ2v) is 4.79. The molecule has 0 saturated carbocycles. The van der Waals surface area contributed by atoms with Gasteiger partial charge in [0.25, 0.3) is 0 Å². The van der Waals surface area contributed by atoms with Crippen LogP contribution in [0.5, 0.6) is 0 Å². The van der Waals surface area contributed by atoms with E-state index in [1.807, 2.05) is 13.8 Å². The Kier molecular flexibility index (Phi) is 11.5. The topological polar surface area (TPSA) is 96.6 Å². The lowest BCUT2D eigenvalue weighted by atomic mass is 10.5. The first-order valence-corrected chi connectivity index (χ1v) is 6.73. The van der Waals surface area contributed by atoms with Crippen LogP contribution in [0.3, 0.4) is 0 Å². The summed E-state index contributed by atoms with van der Waals surface area (Å²) in [5.41, 5.74) is 0. The number of nitrogens with zero attached hydrogens (tertiary/aromatic N) is 1. The molecule has 0 rings (SSSR count). The normalized spacial score (nSPS) is 11.8. The first-order valence-electron chi connectivity index (χ1n) is 5.02. The van der Waals surface area contributed by atoms with E-state index in [2.05, 4.69) is 15.6 Å². The number of primary sulfonamides is 1. The lowest BCUT2D eigenvalue weighted by Gasteiger charge is -2.10. The van der Waals surface area contributed by atoms with Crippen LogP contribution in [0.25, 0.3) is 0 Å². The molecule has 0 bridgehead atoms. The van der Waals surface area contributed by atoms with Crippen molar-refractivity contribution in [2.24, 2.45) is 10.1 Å². The second kappa shape index (κ2) is 10.1. The number of guanidine groups is 1. The molecule has 0 aromatic rings. The fourth-order valence-electron chi connectivity index (χ4n) is 0.877. The van der Waals surface area contributed by atoms with Crippen molar-refractivity contribution in [3.63, 3.8) is 0 Å². The minimum absolute atomic E-state index is 0. The molecular weight excluding hydrogens is 343 g/mol. The summed E-state index contributed by atoms with van der Waals surface area (Å²) < 4.78 is 21.3. The van der Waals surface area contributed by atoms with Gasteiger partial charge in [0, 0.05) is 19.6 Å². The molecule has 0 saturated heterocycles. The number of hydrogen-bond donors (Lipinski definition) is 3. The van der Waals surface area contributed by atoms with Crippen molar-refractivity contribution in [3.8, 4) is 0 Å². The molecule has 16 heavy (non-hydrogen) atoms. The number of aliphatic imine (C=N–C) groups is 1. The molecule has 8 heteroatoms. The van der Waals surface area contributed by atoms with Crippen molar-refractivity contribution >= 4 is 40.0 Å². The summed E-state index contributed by atoms with van der Waals surface area (Å²) in [5, 5.41) is 10.8. The van der Waals surface area contributed by atoms with Crippen LogP contribution in [-0.4, -0.2) is 39.8 Å². The van der Waals surface area contributed by atoms with Crippen LogP contribution < -0.4 is 15.8 Å². The number of rotatable bonds is 6. The third kappa shape index (κ3) is 12.0. The average molecular weight is 364 g/mol. The van der Waals surface area contributed by atoms with Crippen molar-refractivity contribution in [1.29, 1.82) is 0 Å². The number of nitrogens with one attached hydrogen (secondary N) is 2. The lowest BCUT2D eigenvalue weighted by Crippen LogP contribution is -2.40. The molecule has 98 valence electrons. The highest BCUT2D eigenvalue weighted by Crippen LogP contribution is 1.80. The third-order valence-corrected chi connectivity index (χ3v) is 2.29. The van der Waals surface area contributed by atoms with Gasteiger partial charge in [-0.15, -0.1) is 24.0 Å². The molecular formula is C8H21IN4O2S. The van der Waals surface area contributed by atoms with Gasteiger partial charge in [-0.25, -0.2) is 13.6 Å². The summed E-state index contributed by atoms with van der Waals surface area (Å²) in [6.45, 7) is 5.70.